The fourth-order valence-corrected chi connectivity index (χ4v) is 2.91. The van der Waals surface area contributed by atoms with Crippen LogP contribution >= 0.6 is 22.9 Å². The zero-order valence-corrected chi connectivity index (χ0v) is 12.8. The summed E-state index contributed by atoms with van der Waals surface area (Å²) in [5.41, 5.74) is 0.987. The van der Waals surface area contributed by atoms with E-state index in [1.54, 1.807) is 28.3 Å². The van der Waals surface area contributed by atoms with Gasteiger partial charge in [-0.15, -0.1) is 22.9 Å². The second kappa shape index (κ2) is 5.79. The van der Waals surface area contributed by atoms with Gasteiger partial charge in [0.15, 0.2) is 5.82 Å². The van der Waals surface area contributed by atoms with Gasteiger partial charge < -0.3 is 4.90 Å². The Labute approximate surface area is 130 Å². The van der Waals surface area contributed by atoms with Gasteiger partial charge in [-0.1, -0.05) is 6.08 Å². The Balaban J connectivity index is 1.78. The molecule has 0 spiro atoms. The molecule has 0 unspecified atom stereocenters. The molecule has 3 rings (SSSR count). The number of rotatable bonds is 3. The molecule has 2 aromatic heterocycles. The number of halogens is 1. The lowest BCUT2D eigenvalue weighted by Crippen LogP contribution is -2.28. The van der Waals surface area contributed by atoms with Gasteiger partial charge in [-0.25, -0.2) is 9.97 Å². The second-order valence-corrected chi connectivity index (χ2v) is 5.72. The lowest BCUT2D eigenvalue weighted by Gasteiger charge is -2.18. The molecule has 1 aliphatic rings. The van der Waals surface area contributed by atoms with Gasteiger partial charge in [-0.05, 0) is 6.08 Å². The number of aromatic nitrogens is 4. The van der Waals surface area contributed by atoms with Crippen LogP contribution in [-0.4, -0.2) is 43.0 Å². The number of amides is 1. The van der Waals surface area contributed by atoms with Crippen LogP contribution in [0.1, 0.15) is 5.01 Å². The van der Waals surface area contributed by atoms with Crippen molar-refractivity contribution < 1.29 is 4.79 Å². The zero-order chi connectivity index (χ0) is 14.8. The van der Waals surface area contributed by atoms with Gasteiger partial charge >= 0.3 is 0 Å². The largest absolute Gasteiger partial charge is 0.314 e. The van der Waals surface area contributed by atoms with Gasteiger partial charge in [0.25, 0.3) is 0 Å². The molecular weight excluding hydrogens is 310 g/mol. The van der Waals surface area contributed by atoms with Crippen molar-refractivity contribution >= 4 is 34.4 Å². The molecule has 1 amide bonds. The minimum Gasteiger partial charge on any atom is -0.314 e. The van der Waals surface area contributed by atoms with Crippen molar-refractivity contribution in [3.63, 3.8) is 0 Å². The molecule has 0 saturated heterocycles. The van der Waals surface area contributed by atoms with Crippen LogP contribution < -0.4 is 0 Å². The van der Waals surface area contributed by atoms with E-state index in [9.17, 15) is 4.79 Å². The summed E-state index contributed by atoms with van der Waals surface area (Å²) in [6.07, 6.45) is 8.98. The first-order chi connectivity index (χ1) is 10.2. The van der Waals surface area contributed by atoms with Crippen LogP contribution in [0.2, 0.25) is 0 Å². The summed E-state index contributed by atoms with van der Waals surface area (Å²) in [5.74, 6) is 0.543. The van der Waals surface area contributed by atoms with Crippen molar-refractivity contribution in [2.75, 3.05) is 12.4 Å². The summed E-state index contributed by atoms with van der Waals surface area (Å²) in [6, 6.07) is 0. The third kappa shape index (κ3) is 2.88. The van der Waals surface area contributed by atoms with Gasteiger partial charge in [-0.3, -0.25) is 9.48 Å². The molecule has 21 heavy (non-hydrogen) atoms. The molecule has 2 aromatic rings. The van der Waals surface area contributed by atoms with Crippen LogP contribution in [0.25, 0.3) is 16.3 Å². The third-order valence-corrected chi connectivity index (χ3v) is 4.22. The van der Waals surface area contributed by atoms with Crippen LogP contribution in [0.4, 0.5) is 0 Å². The standard InChI is InChI=1S/C13H12ClN5OS/c1-18-8-16-12(17-18)10-7-15-13(21-10)9-2-4-19(5-3-9)11(20)6-14/h2-4,7-8H,5-6H2,1H3. The molecule has 0 bridgehead atoms. The number of alkyl halides is 1. The maximum absolute atomic E-state index is 11.5. The molecular formula is C13H12ClN5OS. The maximum atomic E-state index is 11.5. The SMILES string of the molecule is Cn1cnc(-c2cnc(C3=CCN(C(=O)CCl)C=C3)s2)n1. The molecule has 0 aliphatic carbocycles. The van der Waals surface area contributed by atoms with Crippen molar-refractivity contribution in [3.8, 4) is 10.7 Å². The van der Waals surface area contributed by atoms with E-state index in [0.717, 1.165) is 15.5 Å². The molecule has 8 heteroatoms. The molecule has 0 saturated carbocycles. The van der Waals surface area contributed by atoms with Crippen molar-refractivity contribution in [1.29, 1.82) is 0 Å². The third-order valence-electron chi connectivity index (χ3n) is 2.95. The molecule has 0 fully saturated rings. The maximum Gasteiger partial charge on any atom is 0.241 e. The highest BCUT2D eigenvalue weighted by Crippen LogP contribution is 2.29. The van der Waals surface area contributed by atoms with E-state index in [-0.39, 0.29) is 11.8 Å². The summed E-state index contributed by atoms with van der Waals surface area (Å²) >= 11 is 7.06. The van der Waals surface area contributed by atoms with Crippen molar-refractivity contribution in [2.24, 2.45) is 7.05 Å². The monoisotopic (exact) mass is 321 g/mol. The number of thiazole rings is 1. The molecule has 0 radical (unpaired) electrons. The van der Waals surface area contributed by atoms with Crippen molar-refractivity contribution in [2.45, 2.75) is 0 Å². The van der Waals surface area contributed by atoms with E-state index < -0.39 is 0 Å². The van der Waals surface area contributed by atoms with E-state index in [0.29, 0.717) is 12.4 Å². The zero-order valence-electron chi connectivity index (χ0n) is 11.2. The number of carbonyl (C=O) groups is 1. The predicted octanol–water partition coefficient (Wildman–Crippen LogP) is 1.92. The Morgan fingerprint density at radius 3 is 2.95 bits per heavy atom. The molecule has 108 valence electrons. The van der Waals surface area contributed by atoms with E-state index >= 15 is 0 Å². The topological polar surface area (TPSA) is 63.9 Å². The Morgan fingerprint density at radius 2 is 2.33 bits per heavy atom. The summed E-state index contributed by atoms with van der Waals surface area (Å²) in [5, 5.41) is 5.14. The first-order valence-corrected chi connectivity index (χ1v) is 7.58. The quantitative estimate of drug-likeness (QED) is 0.810. The smallest absolute Gasteiger partial charge is 0.241 e. The van der Waals surface area contributed by atoms with Crippen LogP contribution in [-0.2, 0) is 11.8 Å². The van der Waals surface area contributed by atoms with Crippen molar-refractivity contribution in [3.05, 3.63) is 35.9 Å². The average molecular weight is 322 g/mol. The Kier molecular flexibility index (Phi) is 3.85. The molecule has 0 aromatic carbocycles. The van der Waals surface area contributed by atoms with Crippen LogP contribution in [0.5, 0.6) is 0 Å². The molecule has 0 N–H and O–H groups in total. The summed E-state index contributed by atoms with van der Waals surface area (Å²) in [7, 11) is 1.83. The number of hydrogen-bond acceptors (Lipinski definition) is 5. The minimum atomic E-state index is -0.110. The predicted molar refractivity (Wildman–Crippen MR) is 81.7 cm³/mol. The van der Waals surface area contributed by atoms with Gasteiger partial charge in [0, 0.05) is 31.6 Å². The van der Waals surface area contributed by atoms with Crippen LogP contribution in [0, 0.1) is 0 Å². The van der Waals surface area contributed by atoms with E-state index in [4.69, 9.17) is 11.6 Å². The second-order valence-electron chi connectivity index (χ2n) is 4.43. The number of allylic oxidation sites excluding steroid dienone is 2. The Morgan fingerprint density at radius 1 is 1.48 bits per heavy atom. The van der Waals surface area contributed by atoms with Crippen molar-refractivity contribution in [1.82, 2.24) is 24.6 Å². The summed E-state index contributed by atoms with van der Waals surface area (Å²) in [6.45, 7) is 0.508. The van der Waals surface area contributed by atoms with Gasteiger partial charge in [0.2, 0.25) is 5.91 Å². The highest BCUT2D eigenvalue weighted by atomic mass is 35.5. The average Bonchev–Trinajstić information content (AvgIpc) is 3.15. The molecule has 6 nitrogen and oxygen atoms in total. The number of nitrogens with zero attached hydrogens (tertiary/aromatic N) is 5. The van der Waals surface area contributed by atoms with Gasteiger partial charge in [0.05, 0.1) is 4.88 Å². The Hall–Kier alpha value is -1.99. The molecule has 0 atom stereocenters. The number of aryl methyl sites for hydroxylation is 1. The molecule has 1 aliphatic heterocycles. The Bertz CT molecular complexity index is 733. The summed E-state index contributed by atoms with van der Waals surface area (Å²) in [4.78, 5) is 22.6. The van der Waals surface area contributed by atoms with Gasteiger partial charge in [0.1, 0.15) is 17.2 Å². The van der Waals surface area contributed by atoms with Gasteiger partial charge in [-0.2, -0.15) is 5.10 Å². The lowest BCUT2D eigenvalue weighted by molar-refractivity contribution is -0.125. The summed E-state index contributed by atoms with van der Waals surface area (Å²) < 4.78 is 1.66. The number of carbonyl (C=O) groups excluding carboxylic acids is 1. The lowest BCUT2D eigenvalue weighted by atomic mass is 10.2. The minimum absolute atomic E-state index is 0.0136. The normalized spacial score (nSPS) is 14.4. The van der Waals surface area contributed by atoms with E-state index in [1.807, 2.05) is 19.2 Å². The highest BCUT2D eigenvalue weighted by Gasteiger charge is 2.15. The highest BCUT2D eigenvalue weighted by molar-refractivity contribution is 7.16. The fourth-order valence-electron chi connectivity index (χ4n) is 1.88. The van der Waals surface area contributed by atoms with Crippen LogP contribution in [0.3, 0.4) is 0 Å². The fraction of sp³-hybridized carbons (Fsp3) is 0.231. The van der Waals surface area contributed by atoms with Crippen LogP contribution in [0.15, 0.2) is 30.9 Å². The van der Waals surface area contributed by atoms with E-state index in [2.05, 4.69) is 15.1 Å². The first-order valence-electron chi connectivity index (χ1n) is 6.23. The molecule has 3 heterocycles. The number of hydrogen-bond donors (Lipinski definition) is 0. The van der Waals surface area contributed by atoms with E-state index in [1.165, 1.54) is 11.3 Å². The first kappa shape index (κ1) is 14.0.